The van der Waals surface area contributed by atoms with Crippen LogP contribution < -0.4 is 0 Å². The van der Waals surface area contributed by atoms with E-state index in [0.717, 1.165) is 26.2 Å². The van der Waals surface area contributed by atoms with Crippen molar-refractivity contribution in [3.63, 3.8) is 0 Å². The van der Waals surface area contributed by atoms with E-state index in [2.05, 4.69) is 58.9 Å². The van der Waals surface area contributed by atoms with E-state index in [1.54, 1.807) is 0 Å². The SMILES string of the molecule is CC(C)C(C)C(c1ccc(CCOCC2CO2)cc1)C(C)C. The van der Waals surface area contributed by atoms with Crippen LogP contribution in [0.15, 0.2) is 24.3 Å². The lowest BCUT2D eigenvalue weighted by atomic mass is 9.74. The van der Waals surface area contributed by atoms with Gasteiger partial charge in [-0.25, -0.2) is 0 Å². The van der Waals surface area contributed by atoms with Gasteiger partial charge in [0.05, 0.1) is 19.8 Å². The van der Waals surface area contributed by atoms with Crippen molar-refractivity contribution >= 4 is 0 Å². The fraction of sp³-hybridized carbons (Fsp3) is 0.700. The molecule has 0 aliphatic carbocycles. The fourth-order valence-electron chi connectivity index (χ4n) is 3.19. The molecule has 3 atom stereocenters. The molecule has 1 aliphatic rings. The van der Waals surface area contributed by atoms with Crippen LogP contribution in [-0.4, -0.2) is 25.9 Å². The molecule has 2 nitrogen and oxygen atoms in total. The Morgan fingerprint density at radius 3 is 2.18 bits per heavy atom. The van der Waals surface area contributed by atoms with E-state index in [0.29, 0.717) is 29.8 Å². The second-order valence-corrected chi connectivity index (χ2v) is 7.39. The Morgan fingerprint density at radius 1 is 1.05 bits per heavy atom. The van der Waals surface area contributed by atoms with Gasteiger partial charge in [-0.3, -0.25) is 0 Å². The topological polar surface area (TPSA) is 21.8 Å². The van der Waals surface area contributed by atoms with Crippen molar-refractivity contribution in [2.45, 2.75) is 53.1 Å². The highest BCUT2D eigenvalue weighted by Gasteiger charge is 2.25. The first-order chi connectivity index (χ1) is 10.5. The number of rotatable bonds is 9. The third-order valence-electron chi connectivity index (χ3n) is 4.94. The first kappa shape index (κ1) is 17.5. The molecule has 2 heteroatoms. The molecule has 1 aromatic rings. The molecular weight excluding hydrogens is 272 g/mol. The fourth-order valence-corrected chi connectivity index (χ4v) is 3.19. The Hall–Kier alpha value is -0.860. The van der Waals surface area contributed by atoms with Crippen LogP contribution in [0, 0.1) is 17.8 Å². The quantitative estimate of drug-likeness (QED) is 0.488. The maximum absolute atomic E-state index is 5.62. The molecule has 0 spiro atoms. The highest BCUT2D eigenvalue weighted by atomic mass is 16.6. The molecule has 2 rings (SSSR count). The summed E-state index contributed by atoms with van der Waals surface area (Å²) in [7, 11) is 0. The smallest absolute Gasteiger partial charge is 0.104 e. The second-order valence-electron chi connectivity index (χ2n) is 7.39. The summed E-state index contributed by atoms with van der Waals surface area (Å²) in [5, 5.41) is 0. The molecule has 0 amide bonds. The Kier molecular flexibility index (Phi) is 6.46. The molecule has 0 N–H and O–H groups in total. The third-order valence-corrected chi connectivity index (χ3v) is 4.94. The molecule has 0 saturated carbocycles. The van der Waals surface area contributed by atoms with Gasteiger partial charge < -0.3 is 9.47 Å². The lowest BCUT2D eigenvalue weighted by molar-refractivity contribution is 0.119. The zero-order chi connectivity index (χ0) is 16.1. The minimum absolute atomic E-state index is 0.367. The van der Waals surface area contributed by atoms with Gasteiger partial charge in [0.15, 0.2) is 0 Å². The molecule has 0 aromatic heterocycles. The van der Waals surface area contributed by atoms with E-state index >= 15 is 0 Å². The van der Waals surface area contributed by atoms with Gasteiger partial charge in [0, 0.05) is 0 Å². The summed E-state index contributed by atoms with van der Waals surface area (Å²) >= 11 is 0. The Morgan fingerprint density at radius 2 is 1.68 bits per heavy atom. The van der Waals surface area contributed by atoms with Gasteiger partial charge in [-0.1, -0.05) is 58.9 Å². The second kappa shape index (κ2) is 8.12. The molecule has 1 heterocycles. The van der Waals surface area contributed by atoms with Gasteiger partial charge in [0.25, 0.3) is 0 Å². The first-order valence-corrected chi connectivity index (χ1v) is 8.77. The number of benzene rings is 1. The highest BCUT2D eigenvalue weighted by molar-refractivity contribution is 5.26. The largest absolute Gasteiger partial charge is 0.378 e. The maximum Gasteiger partial charge on any atom is 0.104 e. The Balaban J connectivity index is 1.90. The minimum Gasteiger partial charge on any atom is -0.378 e. The summed E-state index contributed by atoms with van der Waals surface area (Å²) < 4.78 is 10.8. The Labute approximate surface area is 136 Å². The van der Waals surface area contributed by atoms with E-state index in [1.807, 2.05) is 0 Å². The van der Waals surface area contributed by atoms with Crippen LogP contribution in [0.3, 0.4) is 0 Å². The van der Waals surface area contributed by atoms with Gasteiger partial charge in [0.1, 0.15) is 6.10 Å². The first-order valence-electron chi connectivity index (χ1n) is 8.77. The van der Waals surface area contributed by atoms with Crippen LogP contribution in [0.1, 0.15) is 51.7 Å². The van der Waals surface area contributed by atoms with Gasteiger partial charge in [-0.15, -0.1) is 0 Å². The van der Waals surface area contributed by atoms with Crippen LogP contribution in [0.5, 0.6) is 0 Å². The van der Waals surface area contributed by atoms with Crippen molar-refractivity contribution in [1.82, 2.24) is 0 Å². The van der Waals surface area contributed by atoms with Crippen molar-refractivity contribution in [2.24, 2.45) is 17.8 Å². The molecular formula is C20H32O2. The molecule has 124 valence electrons. The van der Waals surface area contributed by atoms with Crippen LogP contribution in [0.25, 0.3) is 0 Å². The average Bonchev–Trinajstić information content (AvgIpc) is 3.29. The van der Waals surface area contributed by atoms with Gasteiger partial charge >= 0.3 is 0 Å². The molecule has 1 fully saturated rings. The lowest BCUT2D eigenvalue weighted by Crippen LogP contribution is -2.20. The number of hydrogen-bond donors (Lipinski definition) is 0. The summed E-state index contributed by atoms with van der Waals surface area (Å²) in [5.41, 5.74) is 2.84. The molecule has 3 unspecified atom stereocenters. The van der Waals surface area contributed by atoms with E-state index in [-0.39, 0.29) is 0 Å². The minimum atomic E-state index is 0.367. The predicted octanol–water partition coefficient (Wildman–Crippen LogP) is 4.68. The summed E-state index contributed by atoms with van der Waals surface area (Å²) in [6.07, 6.45) is 1.35. The van der Waals surface area contributed by atoms with Gasteiger partial charge in [0.2, 0.25) is 0 Å². The molecule has 0 radical (unpaired) electrons. The van der Waals surface area contributed by atoms with Crippen molar-refractivity contribution in [3.05, 3.63) is 35.4 Å². The molecule has 22 heavy (non-hydrogen) atoms. The van der Waals surface area contributed by atoms with Crippen LogP contribution >= 0.6 is 0 Å². The van der Waals surface area contributed by atoms with Crippen LogP contribution in [0.2, 0.25) is 0 Å². The average molecular weight is 304 g/mol. The Bertz CT molecular complexity index is 432. The molecule has 0 bridgehead atoms. The number of epoxide rings is 1. The maximum atomic E-state index is 5.62. The van der Waals surface area contributed by atoms with Gasteiger partial charge in [-0.05, 0) is 41.2 Å². The highest BCUT2D eigenvalue weighted by Crippen LogP contribution is 2.36. The molecule has 1 aliphatic heterocycles. The van der Waals surface area contributed by atoms with E-state index in [1.165, 1.54) is 11.1 Å². The summed E-state index contributed by atoms with van der Waals surface area (Å²) in [6, 6.07) is 9.19. The van der Waals surface area contributed by atoms with E-state index in [9.17, 15) is 0 Å². The zero-order valence-electron chi connectivity index (χ0n) is 14.8. The summed E-state index contributed by atoms with van der Waals surface area (Å²) in [6.45, 7) is 14.1. The number of ether oxygens (including phenoxy) is 2. The lowest BCUT2D eigenvalue weighted by Gasteiger charge is -2.31. The van der Waals surface area contributed by atoms with Crippen molar-refractivity contribution in [2.75, 3.05) is 19.8 Å². The number of hydrogen-bond acceptors (Lipinski definition) is 2. The van der Waals surface area contributed by atoms with Crippen molar-refractivity contribution < 1.29 is 9.47 Å². The predicted molar refractivity (Wildman–Crippen MR) is 92.3 cm³/mol. The molecule has 1 saturated heterocycles. The monoisotopic (exact) mass is 304 g/mol. The van der Waals surface area contributed by atoms with E-state index < -0.39 is 0 Å². The van der Waals surface area contributed by atoms with Crippen molar-refractivity contribution in [3.8, 4) is 0 Å². The van der Waals surface area contributed by atoms with Crippen molar-refractivity contribution in [1.29, 1.82) is 0 Å². The normalized spacial score (nSPS) is 20.4. The van der Waals surface area contributed by atoms with Gasteiger partial charge in [-0.2, -0.15) is 0 Å². The van der Waals surface area contributed by atoms with Crippen LogP contribution in [0.4, 0.5) is 0 Å². The summed E-state index contributed by atoms with van der Waals surface area (Å²) in [4.78, 5) is 0. The standard InChI is InChI=1S/C20H32O2/c1-14(2)16(5)20(15(3)4)18-8-6-17(7-9-18)10-11-21-12-19-13-22-19/h6-9,14-16,19-20H,10-13H2,1-5H3. The zero-order valence-corrected chi connectivity index (χ0v) is 14.8. The summed E-state index contributed by atoms with van der Waals surface area (Å²) in [5.74, 6) is 2.72. The molecule has 1 aromatic carbocycles. The van der Waals surface area contributed by atoms with E-state index in [4.69, 9.17) is 9.47 Å². The van der Waals surface area contributed by atoms with Crippen LogP contribution in [-0.2, 0) is 15.9 Å². The third kappa shape index (κ3) is 5.10.